The van der Waals surface area contributed by atoms with E-state index in [1.807, 2.05) is 157 Å². The fourth-order valence-electron chi connectivity index (χ4n) is 6.35. The number of carbonyl (C=O) groups is 2. The van der Waals surface area contributed by atoms with E-state index in [9.17, 15) is 4.79 Å². The summed E-state index contributed by atoms with van der Waals surface area (Å²) >= 11 is 0. The minimum atomic E-state index is -1.23. The smallest absolute Gasteiger partial charge is 0.266 e. The second-order valence-electron chi connectivity index (χ2n) is 10.9. The van der Waals surface area contributed by atoms with Gasteiger partial charge in [-0.05, 0) is 36.8 Å². The third-order valence-electron chi connectivity index (χ3n) is 8.23. The molecule has 2 atom stereocenters. The number of ether oxygens (including phenoxy) is 1. The Hall–Kier alpha value is -5.42. The largest absolute Gasteiger partial charge is 0.462 e. The van der Waals surface area contributed by atoms with Crippen molar-refractivity contribution in [3.05, 3.63) is 168 Å². The van der Waals surface area contributed by atoms with Gasteiger partial charge in [0.1, 0.15) is 5.76 Å². The van der Waals surface area contributed by atoms with Crippen molar-refractivity contribution < 1.29 is 14.3 Å². The SMILES string of the molecule is C[C@H]1C[C@]2(c3ccccc3)OC(c3ccccc3)=C(c3ccccc3)C(=O)N2c2ccccc2N1C(=O)c1ccccc1. The number of carbonyl (C=O) groups excluding carboxylic acids is 2. The summed E-state index contributed by atoms with van der Waals surface area (Å²) in [5.74, 6) is 0.203. The number of para-hydroxylation sites is 2. The molecule has 0 unspecified atom stereocenters. The Bertz CT molecular complexity index is 1820. The quantitative estimate of drug-likeness (QED) is 0.224. The Balaban J connectivity index is 1.52. The second kappa shape index (κ2) is 10.8. The zero-order valence-electron chi connectivity index (χ0n) is 23.8. The molecule has 2 aliphatic heterocycles. The van der Waals surface area contributed by atoms with Crippen molar-refractivity contribution >= 4 is 34.5 Å². The van der Waals surface area contributed by atoms with Crippen LogP contribution in [-0.4, -0.2) is 17.9 Å². The highest BCUT2D eigenvalue weighted by Gasteiger charge is 2.55. The lowest BCUT2D eigenvalue weighted by molar-refractivity contribution is -0.120. The summed E-state index contributed by atoms with van der Waals surface area (Å²) in [4.78, 5) is 33.0. The van der Waals surface area contributed by atoms with Crippen LogP contribution in [0.25, 0.3) is 11.3 Å². The van der Waals surface area contributed by atoms with Crippen LogP contribution in [0.1, 0.15) is 40.4 Å². The van der Waals surface area contributed by atoms with Crippen molar-refractivity contribution in [1.82, 2.24) is 0 Å². The zero-order valence-corrected chi connectivity index (χ0v) is 23.8. The van der Waals surface area contributed by atoms with Gasteiger partial charge in [-0.15, -0.1) is 0 Å². The van der Waals surface area contributed by atoms with Gasteiger partial charge in [-0.3, -0.25) is 14.5 Å². The first-order valence-corrected chi connectivity index (χ1v) is 14.5. The molecular formula is C38H30N2O3. The average Bonchev–Trinajstić information content (AvgIpc) is 3.18. The highest BCUT2D eigenvalue weighted by Crippen LogP contribution is 2.53. The molecule has 7 rings (SSSR count). The van der Waals surface area contributed by atoms with Gasteiger partial charge in [0.2, 0.25) is 5.72 Å². The fraction of sp³-hybridized carbons (Fsp3) is 0.105. The lowest BCUT2D eigenvalue weighted by Crippen LogP contribution is -2.55. The van der Waals surface area contributed by atoms with E-state index in [0.717, 1.165) is 16.7 Å². The van der Waals surface area contributed by atoms with Crippen molar-refractivity contribution in [1.29, 1.82) is 0 Å². The van der Waals surface area contributed by atoms with Crippen LogP contribution in [0.3, 0.4) is 0 Å². The molecule has 0 fully saturated rings. The van der Waals surface area contributed by atoms with Crippen LogP contribution >= 0.6 is 0 Å². The predicted molar refractivity (Wildman–Crippen MR) is 170 cm³/mol. The van der Waals surface area contributed by atoms with Crippen LogP contribution in [0, 0.1) is 0 Å². The number of fused-ring (bicyclic) bond motifs is 3. The second-order valence-corrected chi connectivity index (χ2v) is 10.9. The minimum absolute atomic E-state index is 0.129. The van der Waals surface area contributed by atoms with E-state index in [2.05, 4.69) is 0 Å². The predicted octanol–water partition coefficient (Wildman–Crippen LogP) is 7.91. The molecule has 2 heterocycles. The number of anilines is 2. The zero-order chi connectivity index (χ0) is 29.4. The summed E-state index contributed by atoms with van der Waals surface area (Å²) in [5, 5.41) is 0. The van der Waals surface area contributed by atoms with Crippen LogP contribution < -0.4 is 9.80 Å². The lowest BCUT2D eigenvalue weighted by atomic mass is 9.88. The Kier molecular flexibility index (Phi) is 6.63. The van der Waals surface area contributed by atoms with Gasteiger partial charge < -0.3 is 9.64 Å². The number of hydrogen-bond acceptors (Lipinski definition) is 3. The number of nitrogens with zero attached hydrogens (tertiary/aromatic N) is 2. The summed E-state index contributed by atoms with van der Waals surface area (Å²) in [7, 11) is 0. The Labute approximate surface area is 251 Å². The van der Waals surface area contributed by atoms with Gasteiger partial charge in [-0.25, -0.2) is 0 Å². The topological polar surface area (TPSA) is 49.9 Å². The molecule has 43 heavy (non-hydrogen) atoms. The summed E-state index contributed by atoms with van der Waals surface area (Å²) < 4.78 is 7.28. The molecule has 0 N–H and O–H groups in total. The number of hydrogen-bond donors (Lipinski definition) is 0. The monoisotopic (exact) mass is 562 g/mol. The summed E-state index contributed by atoms with van der Waals surface area (Å²) in [6.07, 6.45) is 0.342. The maximum atomic E-state index is 15.2. The van der Waals surface area contributed by atoms with Crippen molar-refractivity contribution in [2.75, 3.05) is 9.80 Å². The first-order chi connectivity index (χ1) is 21.1. The first kappa shape index (κ1) is 26.5. The normalized spacial score (nSPS) is 19.7. The van der Waals surface area contributed by atoms with Gasteiger partial charge in [0.25, 0.3) is 11.8 Å². The Morgan fingerprint density at radius 3 is 1.81 bits per heavy atom. The van der Waals surface area contributed by atoms with Gasteiger partial charge in [-0.1, -0.05) is 121 Å². The van der Waals surface area contributed by atoms with Gasteiger partial charge >= 0.3 is 0 Å². The molecule has 5 nitrogen and oxygen atoms in total. The molecule has 2 aliphatic rings. The van der Waals surface area contributed by atoms with E-state index < -0.39 is 5.72 Å². The van der Waals surface area contributed by atoms with Crippen LogP contribution in [0.5, 0.6) is 0 Å². The van der Waals surface area contributed by atoms with E-state index in [-0.39, 0.29) is 17.9 Å². The summed E-state index contributed by atoms with van der Waals surface area (Å²) in [5.41, 5.74) is 3.51. The standard InChI is InChI=1S/C38H30N2O3/c1-27-26-38(31-22-12-5-13-23-31)40(33-25-15-14-24-32(33)39(27)36(41)30-20-10-4-11-21-30)37(42)34(28-16-6-2-7-17-28)35(43-38)29-18-8-3-9-19-29/h2-25,27H,26H2,1H3/t27-,38+/m0/s1. The van der Waals surface area contributed by atoms with Crippen molar-refractivity contribution in [3.63, 3.8) is 0 Å². The highest BCUT2D eigenvalue weighted by molar-refractivity contribution is 6.33. The number of rotatable bonds is 4. The third-order valence-corrected chi connectivity index (χ3v) is 8.23. The van der Waals surface area contributed by atoms with E-state index in [0.29, 0.717) is 34.7 Å². The molecule has 0 saturated carbocycles. The molecule has 5 heteroatoms. The van der Waals surface area contributed by atoms with E-state index >= 15 is 4.79 Å². The summed E-state index contributed by atoms with van der Waals surface area (Å²) in [6.45, 7) is 2.03. The molecule has 5 aromatic carbocycles. The van der Waals surface area contributed by atoms with E-state index in [1.54, 1.807) is 4.90 Å². The van der Waals surface area contributed by atoms with Gasteiger partial charge in [0.15, 0.2) is 0 Å². The average molecular weight is 563 g/mol. The molecule has 5 aromatic rings. The number of benzene rings is 5. The Morgan fingerprint density at radius 1 is 0.674 bits per heavy atom. The molecule has 0 aliphatic carbocycles. The molecular weight excluding hydrogens is 532 g/mol. The molecule has 210 valence electrons. The fourth-order valence-corrected chi connectivity index (χ4v) is 6.35. The summed E-state index contributed by atoms with van der Waals surface area (Å²) in [6, 6.07) is 45.9. The van der Waals surface area contributed by atoms with E-state index in [4.69, 9.17) is 4.74 Å². The molecule has 2 amide bonds. The molecule has 0 radical (unpaired) electrons. The van der Waals surface area contributed by atoms with Crippen molar-refractivity contribution in [3.8, 4) is 0 Å². The van der Waals surface area contributed by atoms with Gasteiger partial charge in [0.05, 0.1) is 16.9 Å². The van der Waals surface area contributed by atoms with Crippen molar-refractivity contribution in [2.24, 2.45) is 0 Å². The van der Waals surface area contributed by atoms with Crippen LogP contribution in [0.15, 0.2) is 146 Å². The van der Waals surface area contributed by atoms with Crippen LogP contribution in [0.4, 0.5) is 11.4 Å². The lowest BCUT2D eigenvalue weighted by Gasteiger charge is -2.48. The maximum absolute atomic E-state index is 15.2. The van der Waals surface area contributed by atoms with E-state index in [1.165, 1.54) is 0 Å². The highest BCUT2D eigenvalue weighted by atomic mass is 16.5. The van der Waals surface area contributed by atoms with Crippen LogP contribution in [0.2, 0.25) is 0 Å². The molecule has 0 saturated heterocycles. The molecule has 0 bridgehead atoms. The first-order valence-electron chi connectivity index (χ1n) is 14.5. The number of amides is 2. The van der Waals surface area contributed by atoms with Gasteiger partial charge in [-0.2, -0.15) is 0 Å². The van der Waals surface area contributed by atoms with Crippen molar-refractivity contribution in [2.45, 2.75) is 25.1 Å². The third kappa shape index (κ3) is 4.41. The molecule has 0 spiro atoms. The van der Waals surface area contributed by atoms with Crippen LogP contribution in [-0.2, 0) is 15.3 Å². The Morgan fingerprint density at radius 2 is 1.19 bits per heavy atom. The molecule has 0 aromatic heterocycles. The minimum Gasteiger partial charge on any atom is -0.462 e. The maximum Gasteiger partial charge on any atom is 0.266 e. The van der Waals surface area contributed by atoms with Gasteiger partial charge in [0, 0.05) is 29.2 Å².